The fraction of sp³-hybridized carbons (Fsp3) is 0.111. The van der Waals surface area contributed by atoms with Crippen LogP contribution < -0.4 is 0 Å². The minimum Gasteiger partial charge on any atom is -0.359 e. The maximum Gasteiger partial charge on any atom is 0.183 e. The molecule has 0 bridgehead atoms. The Balaban J connectivity index is 2.94. The van der Waals surface area contributed by atoms with Crippen molar-refractivity contribution in [1.82, 2.24) is 4.98 Å². The van der Waals surface area contributed by atoms with Crippen LogP contribution in [-0.2, 0) is 0 Å². The predicted molar refractivity (Wildman–Crippen MR) is 43.0 cm³/mol. The molecule has 0 unspecified atom stereocenters. The van der Waals surface area contributed by atoms with E-state index in [1.165, 1.54) is 0 Å². The number of aromatic amines is 1. The highest BCUT2D eigenvalue weighted by atomic mass is 19.2. The van der Waals surface area contributed by atoms with E-state index in [0.29, 0.717) is 10.9 Å². The van der Waals surface area contributed by atoms with Crippen LogP contribution in [0.2, 0.25) is 0 Å². The van der Waals surface area contributed by atoms with Crippen LogP contribution in [0.5, 0.6) is 0 Å². The molecule has 1 N–H and O–H groups in total. The van der Waals surface area contributed by atoms with E-state index in [1.807, 2.05) is 0 Å². The zero-order valence-electron chi connectivity index (χ0n) is 6.49. The Morgan fingerprint density at radius 3 is 2.75 bits per heavy atom. The number of rotatable bonds is 0. The Morgan fingerprint density at radius 2 is 2.00 bits per heavy atom. The van der Waals surface area contributed by atoms with Crippen molar-refractivity contribution in [3.63, 3.8) is 0 Å². The first-order valence-corrected chi connectivity index (χ1v) is 3.62. The Hall–Kier alpha value is -1.38. The van der Waals surface area contributed by atoms with E-state index in [9.17, 15) is 8.78 Å². The lowest BCUT2D eigenvalue weighted by Gasteiger charge is -1.98. The second-order valence-electron chi connectivity index (χ2n) is 2.76. The molecule has 2 rings (SSSR count). The van der Waals surface area contributed by atoms with E-state index in [0.717, 1.165) is 0 Å². The summed E-state index contributed by atoms with van der Waals surface area (Å²) in [4.78, 5) is 2.64. The summed E-state index contributed by atoms with van der Waals surface area (Å²) in [5, 5.41) is 0.700. The van der Waals surface area contributed by atoms with Gasteiger partial charge in [0.15, 0.2) is 11.6 Å². The normalized spacial score (nSPS) is 10.9. The largest absolute Gasteiger partial charge is 0.359 e. The van der Waals surface area contributed by atoms with Gasteiger partial charge >= 0.3 is 0 Å². The summed E-state index contributed by atoms with van der Waals surface area (Å²) in [5.41, 5.74) is 0.567. The fourth-order valence-corrected chi connectivity index (χ4v) is 1.27. The van der Waals surface area contributed by atoms with Crippen molar-refractivity contribution in [2.45, 2.75) is 6.92 Å². The van der Waals surface area contributed by atoms with Gasteiger partial charge in [-0.2, -0.15) is 0 Å². The van der Waals surface area contributed by atoms with Crippen LogP contribution in [0.25, 0.3) is 10.9 Å². The number of aryl methyl sites for hydroxylation is 1. The number of aromatic nitrogens is 1. The van der Waals surface area contributed by atoms with Gasteiger partial charge in [0.25, 0.3) is 0 Å². The lowest BCUT2D eigenvalue weighted by molar-refractivity contribution is 0.510. The number of benzene rings is 1. The Morgan fingerprint density at radius 1 is 1.25 bits per heavy atom. The smallest absolute Gasteiger partial charge is 0.183 e. The highest BCUT2D eigenvalue weighted by Crippen LogP contribution is 2.21. The number of H-pyrrole nitrogens is 1. The standard InChI is InChI=1S/C9H7F2N/c1-5-4-6-2-3-12-9(6)8(11)7(5)10/h2-4,12H,1H3. The monoisotopic (exact) mass is 167 g/mol. The van der Waals surface area contributed by atoms with E-state index < -0.39 is 11.6 Å². The van der Waals surface area contributed by atoms with Crippen LogP contribution in [0, 0.1) is 18.6 Å². The van der Waals surface area contributed by atoms with Crippen LogP contribution in [0.4, 0.5) is 8.78 Å². The third-order valence-corrected chi connectivity index (χ3v) is 1.91. The number of hydrogen-bond donors (Lipinski definition) is 1. The van der Waals surface area contributed by atoms with Gasteiger partial charge in [-0.1, -0.05) is 0 Å². The van der Waals surface area contributed by atoms with E-state index in [-0.39, 0.29) is 5.52 Å². The molecule has 0 atom stereocenters. The molecule has 0 amide bonds. The van der Waals surface area contributed by atoms with Crippen molar-refractivity contribution >= 4 is 10.9 Å². The van der Waals surface area contributed by atoms with Gasteiger partial charge in [0, 0.05) is 11.6 Å². The van der Waals surface area contributed by atoms with Gasteiger partial charge in [-0.05, 0) is 24.6 Å². The van der Waals surface area contributed by atoms with Crippen molar-refractivity contribution in [1.29, 1.82) is 0 Å². The Labute approximate surface area is 68.0 Å². The number of fused-ring (bicyclic) bond motifs is 1. The molecule has 2 aromatic rings. The lowest BCUT2D eigenvalue weighted by Crippen LogP contribution is -1.89. The molecule has 1 heterocycles. The maximum atomic E-state index is 13.1. The van der Waals surface area contributed by atoms with Crippen molar-refractivity contribution in [3.8, 4) is 0 Å². The van der Waals surface area contributed by atoms with Crippen molar-refractivity contribution in [2.24, 2.45) is 0 Å². The highest BCUT2D eigenvalue weighted by Gasteiger charge is 2.10. The van der Waals surface area contributed by atoms with Gasteiger partial charge in [0.2, 0.25) is 0 Å². The Kier molecular flexibility index (Phi) is 1.40. The first-order valence-electron chi connectivity index (χ1n) is 3.62. The molecule has 3 heteroatoms. The third kappa shape index (κ3) is 0.826. The highest BCUT2D eigenvalue weighted by molar-refractivity contribution is 5.80. The predicted octanol–water partition coefficient (Wildman–Crippen LogP) is 2.75. The second-order valence-corrected chi connectivity index (χ2v) is 2.76. The molecule has 0 aliphatic carbocycles. The molecule has 62 valence electrons. The molecular formula is C9H7F2N. The zero-order chi connectivity index (χ0) is 8.72. The summed E-state index contributed by atoms with van der Waals surface area (Å²) in [6.45, 7) is 1.55. The summed E-state index contributed by atoms with van der Waals surface area (Å²) in [7, 11) is 0. The SMILES string of the molecule is Cc1cc2cc[nH]c2c(F)c1F. The molecule has 1 aromatic carbocycles. The summed E-state index contributed by atoms with van der Waals surface area (Å²) >= 11 is 0. The third-order valence-electron chi connectivity index (χ3n) is 1.91. The topological polar surface area (TPSA) is 15.8 Å². The summed E-state index contributed by atoms with van der Waals surface area (Å²) in [6, 6.07) is 3.33. The van der Waals surface area contributed by atoms with E-state index in [4.69, 9.17) is 0 Å². The summed E-state index contributed by atoms with van der Waals surface area (Å²) < 4.78 is 26.0. The van der Waals surface area contributed by atoms with E-state index in [1.54, 1.807) is 25.3 Å². The molecule has 0 fully saturated rings. The average molecular weight is 167 g/mol. The van der Waals surface area contributed by atoms with Gasteiger partial charge < -0.3 is 4.98 Å². The van der Waals surface area contributed by atoms with Crippen molar-refractivity contribution in [2.75, 3.05) is 0 Å². The molecule has 1 aromatic heterocycles. The summed E-state index contributed by atoms with van der Waals surface area (Å²) in [5.74, 6) is -1.57. The Bertz CT molecular complexity index is 431. The minimum atomic E-state index is -0.796. The first-order chi connectivity index (χ1) is 5.70. The van der Waals surface area contributed by atoms with E-state index >= 15 is 0 Å². The van der Waals surface area contributed by atoms with Crippen LogP contribution >= 0.6 is 0 Å². The molecule has 0 radical (unpaired) electrons. The molecular weight excluding hydrogens is 160 g/mol. The zero-order valence-corrected chi connectivity index (χ0v) is 6.49. The number of hydrogen-bond acceptors (Lipinski definition) is 0. The van der Waals surface area contributed by atoms with E-state index in [2.05, 4.69) is 4.98 Å². The fourth-order valence-electron chi connectivity index (χ4n) is 1.27. The number of nitrogens with one attached hydrogen (secondary N) is 1. The van der Waals surface area contributed by atoms with Gasteiger partial charge in [-0.25, -0.2) is 8.78 Å². The maximum absolute atomic E-state index is 13.1. The van der Waals surface area contributed by atoms with Gasteiger partial charge in [-0.3, -0.25) is 0 Å². The molecule has 12 heavy (non-hydrogen) atoms. The lowest BCUT2D eigenvalue weighted by atomic mass is 10.1. The second kappa shape index (κ2) is 2.30. The molecule has 1 nitrogen and oxygen atoms in total. The molecule has 0 spiro atoms. The minimum absolute atomic E-state index is 0.234. The summed E-state index contributed by atoms with van der Waals surface area (Å²) in [6.07, 6.45) is 1.59. The van der Waals surface area contributed by atoms with Crippen molar-refractivity contribution < 1.29 is 8.78 Å². The molecule has 0 saturated carbocycles. The molecule has 0 aliphatic heterocycles. The van der Waals surface area contributed by atoms with Crippen LogP contribution in [0.1, 0.15) is 5.56 Å². The van der Waals surface area contributed by atoms with Gasteiger partial charge in [-0.15, -0.1) is 0 Å². The van der Waals surface area contributed by atoms with Crippen molar-refractivity contribution in [3.05, 3.63) is 35.5 Å². The average Bonchev–Trinajstić information content (AvgIpc) is 2.48. The van der Waals surface area contributed by atoms with Gasteiger partial charge in [0.1, 0.15) is 0 Å². The van der Waals surface area contributed by atoms with Crippen LogP contribution in [-0.4, -0.2) is 4.98 Å². The molecule has 0 aliphatic rings. The number of halogens is 2. The van der Waals surface area contributed by atoms with Gasteiger partial charge in [0.05, 0.1) is 5.52 Å². The first kappa shape index (κ1) is 7.28. The molecule has 0 saturated heterocycles. The van der Waals surface area contributed by atoms with Crippen LogP contribution in [0.15, 0.2) is 18.3 Å². The van der Waals surface area contributed by atoms with Crippen LogP contribution in [0.3, 0.4) is 0 Å². The quantitative estimate of drug-likeness (QED) is 0.621.